The predicted molar refractivity (Wildman–Crippen MR) is 229 cm³/mol. The summed E-state index contributed by atoms with van der Waals surface area (Å²) in [5, 5.41) is 11.7. The number of hydrogen-bond acceptors (Lipinski definition) is 5. The number of nitrogens with zero attached hydrogens (tertiary/aromatic N) is 6. The van der Waals surface area contributed by atoms with E-state index in [-0.39, 0.29) is 0 Å². The molecule has 0 unspecified atom stereocenters. The van der Waals surface area contributed by atoms with Crippen LogP contribution in [0.15, 0.2) is 194 Å². The van der Waals surface area contributed by atoms with Gasteiger partial charge in [-0.2, -0.15) is 5.26 Å². The molecule has 0 saturated carbocycles. The fourth-order valence-corrected chi connectivity index (χ4v) is 7.55. The minimum atomic E-state index is 0.569. The van der Waals surface area contributed by atoms with Gasteiger partial charge in [0.15, 0.2) is 17.5 Å². The first-order chi connectivity index (χ1) is 28.2. The molecule has 8 aromatic carbocycles. The molecule has 0 spiro atoms. The maximum atomic E-state index is 9.40. The van der Waals surface area contributed by atoms with Crippen molar-refractivity contribution >= 4 is 21.8 Å². The Kier molecular flexibility index (Phi) is 8.44. The van der Waals surface area contributed by atoms with Crippen molar-refractivity contribution in [3.05, 3.63) is 200 Å². The molecule has 0 saturated heterocycles. The Morgan fingerprint density at radius 3 is 1.84 bits per heavy atom. The van der Waals surface area contributed by atoms with Crippen LogP contribution in [-0.2, 0) is 0 Å². The van der Waals surface area contributed by atoms with Gasteiger partial charge in [-0.1, -0.05) is 152 Å². The van der Waals surface area contributed by atoms with E-state index in [4.69, 9.17) is 19.9 Å². The van der Waals surface area contributed by atoms with Gasteiger partial charge in [0.2, 0.25) is 0 Å². The summed E-state index contributed by atoms with van der Waals surface area (Å²) in [5.74, 6) is 2.63. The lowest BCUT2D eigenvalue weighted by atomic mass is 9.98. The third-order valence-corrected chi connectivity index (χ3v) is 10.3. The third-order valence-electron chi connectivity index (χ3n) is 10.3. The maximum Gasteiger partial charge on any atom is 0.164 e. The summed E-state index contributed by atoms with van der Waals surface area (Å²) in [6, 6.07) is 68.1. The van der Waals surface area contributed by atoms with E-state index >= 15 is 0 Å². The molecule has 0 fully saturated rings. The van der Waals surface area contributed by atoms with Gasteiger partial charge in [0.25, 0.3) is 0 Å². The minimum Gasteiger partial charge on any atom is -0.292 e. The molecule has 2 heterocycles. The standard InChI is InChI=1S/C51H32N6/c52-33-34-27-29-36(30-28-34)42-21-6-7-23-44(42)50-55-48(37-14-2-1-3-15-37)54-49(56-50)40-19-10-17-38(31-40)39-18-11-20-41(32-39)57-47-26-9-8-25-46(47)53-51(57)45-24-12-16-35-13-4-5-22-43(35)45/h1-32H. The molecular weight excluding hydrogens is 697 g/mol. The van der Waals surface area contributed by atoms with Gasteiger partial charge in [-0.15, -0.1) is 0 Å². The highest BCUT2D eigenvalue weighted by Crippen LogP contribution is 2.36. The maximum absolute atomic E-state index is 9.40. The summed E-state index contributed by atoms with van der Waals surface area (Å²) < 4.78 is 2.26. The van der Waals surface area contributed by atoms with Gasteiger partial charge in [-0.25, -0.2) is 19.9 Å². The molecule has 0 aliphatic carbocycles. The Hall–Kier alpha value is -8.01. The van der Waals surface area contributed by atoms with Crippen molar-refractivity contribution in [2.24, 2.45) is 0 Å². The quantitative estimate of drug-likeness (QED) is 0.163. The van der Waals surface area contributed by atoms with E-state index in [9.17, 15) is 5.26 Å². The number of para-hydroxylation sites is 2. The smallest absolute Gasteiger partial charge is 0.164 e. The van der Waals surface area contributed by atoms with Crippen molar-refractivity contribution in [1.29, 1.82) is 5.26 Å². The third kappa shape index (κ3) is 6.29. The number of hydrogen-bond donors (Lipinski definition) is 0. The van der Waals surface area contributed by atoms with Gasteiger partial charge in [0.05, 0.1) is 22.7 Å². The summed E-state index contributed by atoms with van der Waals surface area (Å²) in [6.45, 7) is 0. The normalized spacial score (nSPS) is 11.1. The lowest BCUT2D eigenvalue weighted by Crippen LogP contribution is -2.01. The predicted octanol–water partition coefficient (Wildman–Crippen LogP) is 12.2. The molecule has 0 atom stereocenters. The molecule has 0 radical (unpaired) electrons. The highest BCUT2D eigenvalue weighted by atomic mass is 15.1. The Morgan fingerprint density at radius 1 is 0.404 bits per heavy atom. The molecule has 0 bridgehead atoms. The van der Waals surface area contributed by atoms with Gasteiger partial charge >= 0.3 is 0 Å². The van der Waals surface area contributed by atoms with E-state index in [1.165, 1.54) is 5.39 Å². The van der Waals surface area contributed by atoms with Crippen LogP contribution >= 0.6 is 0 Å². The van der Waals surface area contributed by atoms with Gasteiger partial charge < -0.3 is 0 Å². The molecule has 0 aliphatic heterocycles. The second kappa shape index (κ2) is 14.3. The van der Waals surface area contributed by atoms with E-state index in [2.05, 4.69) is 126 Å². The molecule has 0 N–H and O–H groups in total. The average molecular weight is 729 g/mol. The van der Waals surface area contributed by atoms with Gasteiger partial charge in [-0.3, -0.25) is 4.57 Å². The Morgan fingerprint density at radius 2 is 1.00 bits per heavy atom. The zero-order valence-corrected chi connectivity index (χ0v) is 30.7. The number of rotatable bonds is 7. The Bertz CT molecular complexity index is 3140. The van der Waals surface area contributed by atoms with Gasteiger partial charge in [0, 0.05) is 27.9 Å². The van der Waals surface area contributed by atoms with Crippen LogP contribution in [-0.4, -0.2) is 24.5 Å². The van der Waals surface area contributed by atoms with Crippen LogP contribution in [0, 0.1) is 11.3 Å². The molecule has 266 valence electrons. The monoisotopic (exact) mass is 728 g/mol. The molecule has 10 aromatic rings. The first kappa shape index (κ1) is 33.6. The number of fused-ring (bicyclic) bond motifs is 2. The second-order valence-electron chi connectivity index (χ2n) is 13.8. The largest absolute Gasteiger partial charge is 0.292 e. The van der Waals surface area contributed by atoms with Gasteiger partial charge in [-0.05, 0) is 75.5 Å². The van der Waals surface area contributed by atoms with Crippen LogP contribution < -0.4 is 0 Å². The topological polar surface area (TPSA) is 80.3 Å². The van der Waals surface area contributed by atoms with E-state index < -0.39 is 0 Å². The molecule has 6 heteroatoms. The van der Waals surface area contributed by atoms with Crippen molar-refractivity contribution in [2.75, 3.05) is 0 Å². The minimum absolute atomic E-state index is 0.569. The average Bonchev–Trinajstić information content (AvgIpc) is 3.69. The number of nitriles is 1. The lowest BCUT2D eigenvalue weighted by molar-refractivity contribution is 1.07. The fourth-order valence-electron chi connectivity index (χ4n) is 7.55. The Balaban J connectivity index is 1.09. The summed E-state index contributed by atoms with van der Waals surface area (Å²) in [5.41, 5.74) is 11.4. The number of imidazole rings is 1. The summed E-state index contributed by atoms with van der Waals surface area (Å²) in [7, 11) is 0. The molecule has 0 aliphatic rings. The van der Waals surface area contributed by atoms with Crippen LogP contribution in [0.5, 0.6) is 0 Å². The van der Waals surface area contributed by atoms with E-state index in [1.54, 1.807) is 0 Å². The lowest BCUT2D eigenvalue weighted by Gasteiger charge is -2.14. The van der Waals surface area contributed by atoms with Crippen molar-refractivity contribution < 1.29 is 0 Å². The van der Waals surface area contributed by atoms with Crippen LogP contribution in [0.2, 0.25) is 0 Å². The van der Waals surface area contributed by atoms with Crippen LogP contribution in [0.1, 0.15) is 5.56 Å². The van der Waals surface area contributed by atoms with Crippen molar-refractivity contribution in [2.45, 2.75) is 0 Å². The number of benzene rings is 8. The molecule has 2 aromatic heterocycles. The van der Waals surface area contributed by atoms with E-state index in [1.807, 2.05) is 78.9 Å². The van der Waals surface area contributed by atoms with Crippen molar-refractivity contribution in [3.63, 3.8) is 0 Å². The van der Waals surface area contributed by atoms with Gasteiger partial charge in [0.1, 0.15) is 5.82 Å². The molecular formula is C51H32N6. The zero-order valence-electron chi connectivity index (χ0n) is 30.7. The highest BCUT2D eigenvalue weighted by molar-refractivity contribution is 5.97. The summed E-state index contributed by atoms with van der Waals surface area (Å²) >= 11 is 0. The van der Waals surface area contributed by atoms with E-state index in [0.717, 1.165) is 72.4 Å². The van der Waals surface area contributed by atoms with Crippen LogP contribution in [0.4, 0.5) is 0 Å². The van der Waals surface area contributed by atoms with Crippen LogP contribution in [0.3, 0.4) is 0 Å². The first-order valence-corrected chi connectivity index (χ1v) is 18.8. The first-order valence-electron chi connectivity index (χ1n) is 18.8. The SMILES string of the molecule is N#Cc1ccc(-c2ccccc2-c2nc(-c3ccccc3)nc(-c3cccc(-c4cccc(-n5c(-c6cccc7ccccc67)nc6ccccc65)c4)c3)n2)cc1. The second-order valence-corrected chi connectivity index (χ2v) is 13.8. The van der Waals surface area contributed by atoms with Crippen molar-refractivity contribution in [3.8, 4) is 79.6 Å². The van der Waals surface area contributed by atoms with Crippen molar-refractivity contribution in [1.82, 2.24) is 24.5 Å². The molecule has 10 rings (SSSR count). The number of aromatic nitrogens is 5. The fraction of sp³-hybridized carbons (Fsp3) is 0. The zero-order chi connectivity index (χ0) is 38.1. The highest BCUT2D eigenvalue weighted by Gasteiger charge is 2.19. The molecule has 57 heavy (non-hydrogen) atoms. The Labute approximate surface area is 329 Å². The molecule has 6 nitrogen and oxygen atoms in total. The summed E-state index contributed by atoms with van der Waals surface area (Å²) in [6.07, 6.45) is 0. The molecule has 0 amide bonds. The summed E-state index contributed by atoms with van der Waals surface area (Å²) in [4.78, 5) is 20.4. The van der Waals surface area contributed by atoms with Crippen LogP contribution in [0.25, 0.3) is 95.3 Å². The van der Waals surface area contributed by atoms with E-state index in [0.29, 0.717) is 23.0 Å².